The zero-order valence-corrected chi connectivity index (χ0v) is 15.3. The fraction of sp³-hybridized carbons (Fsp3) is 0.188. The highest BCUT2D eigenvalue weighted by Gasteiger charge is 2.16. The molecule has 0 aliphatic carbocycles. The molecule has 0 radical (unpaired) electrons. The van der Waals surface area contributed by atoms with Crippen molar-refractivity contribution in [3.05, 3.63) is 63.4 Å². The molecule has 4 N–H and O–H groups in total. The minimum Gasteiger partial charge on any atom is -0.460 e. The first-order valence-electron chi connectivity index (χ1n) is 6.98. The van der Waals surface area contributed by atoms with Gasteiger partial charge >= 0.3 is 5.97 Å². The van der Waals surface area contributed by atoms with Crippen molar-refractivity contribution in [2.75, 3.05) is 0 Å². The molecule has 25 heavy (non-hydrogen) atoms. The maximum absolute atomic E-state index is 12.0. The van der Waals surface area contributed by atoms with Gasteiger partial charge in [-0.05, 0) is 41.8 Å². The Morgan fingerprint density at radius 3 is 2.16 bits per heavy atom. The highest BCUT2D eigenvalue weighted by atomic mass is 35.5. The number of pyridine rings is 1. The Hall–Kier alpha value is -1.86. The van der Waals surface area contributed by atoms with Crippen molar-refractivity contribution in [2.45, 2.75) is 19.1 Å². The second kappa shape index (κ2) is 9.58. The molecule has 1 atom stereocenters. The molecule has 0 aliphatic rings. The number of aromatic nitrogens is 1. The zero-order chi connectivity index (χ0) is 17.7. The molecule has 0 fully saturated rings. The van der Waals surface area contributed by atoms with Gasteiger partial charge in [0.15, 0.2) is 0 Å². The van der Waals surface area contributed by atoms with Gasteiger partial charge in [-0.2, -0.15) is 0 Å². The summed E-state index contributed by atoms with van der Waals surface area (Å²) in [4.78, 5) is 26.8. The Morgan fingerprint density at radius 1 is 1.08 bits per heavy atom. The van der Waals surface area contributed by atoms with E-state index >= 15 is 0 Å². The fourth-order valence-corrected chi connectivity index (χ4v) is 2.51. The number of rotatable bonds is 6. The van der Waals surface area contributed by atoms with E-state index < -0.39 is 17.9 Å². The Morgan fingerprint density at radius 2 is 1.64 bits per heavy atom. The van der Waals surface area contributed by atoms with Gasteiger partial charge < -0.3 is 16.2 Å². The van der Waals surface area contributed by atoms with E-state index in [1.54, 1.807) is 36.4 Å². The third kappa shape index (κ3) is 6.51. The number of amides is 1. The molecule has 1 heterocycles. The van der Waals surface area contributed by atoms with Gasteiger partial charge in [0.1, 0.15) is 23.0 Å². The molecule has 6 nitrogen and oxygen atoms in total. The van der Waals surface area contributed by atoms with Crippen LogP contribution in [-0.2, 0) is 22.6 Å². The van der Waals surface area contributed by atoms with Crippen LogP contribution in [0, 0.1) is 0 Å². The Bertz CT molecular complexity index is 734. The summed E-state index contributed by atoms with van der Waals surface area (Å²) in [5.74, 6) is -1.07. The lowest BCUT2D eigenvalue weighted by Crippen LogP contribution is -2.34. The summed E-state index contributed by atoms with van der Waals surface area (Å²) >= 11 is 11.6. The average Bonchev–Trinajstić information content (AvgIpc) is 2.52. The second-order valence-corrected chi connectivity index (χ2v) is 5.87. The molecule has 0 aliphatic heterocycles. The number of esters is 1. The number of ether oxygens (including phenoxy) is 1. The Labute approximate surface area is 160 Å². The summed E-state index contributed by atoms with van der Waals surface area (Å²) in [7, 11) is 0. The molecule has 0 spiro atoms. The van der Waals surface area contributed by atoms with Gasteiger partial charge in [0.05, 0.1) is 0 Å². The molecule has 0 unspecified atom stereocenters. The third-order valence-electron chi connectivity index (χ3n) is 3.20. The maximum atomic E-state index is 12.0. The first kappa shape index (κ1) is 21.2. The van der Waals surface area contributed by atoms with E-state index in [1.807, 2.05) is 0 Å². The van der Waals surface area contributed by atoms with Gasteiger partial charge in [-0.15, -0.1) is 12.4 Å². The van der Waals surface area contributed by atoms with Crippen molar-refractivity contribution in [2.24, 2.45) is 11.5 Å². The van der Waals surface area contributed by atoms with Crippen molar-refractivity contribution in [1.82, 2.24) is 4.98 Å². The summed E-state index contributed by atoms with van der Waals surface area (Å²) in [5, 5.41) is 0.430. The molecule has 1 aromatic carbocycles. The van der Waals surface area contributed by atoms with E-state index in [0.717, 1.165) is 5.56 Å². The molecule has 0 saturated heterocycles. The molecule has 0 saturated carbocycles. The number of hydrogen-bond donors (Lipinski definition) is 2. The predicted octanol–water partition coefficient (Wildman–Crippen LogP) is 2.52. The average molecular weight is 405 g/mol. The van der Waals surface area contributed by atoms with E-state index in [9.17, 15) is 9.59 Å². The second-order valence-electron chi connectivity index (χ2n) is 5.10. The monoisotopic (exact) mass is 403 g/mol. The van der Waals surface area contributed by atoms with E-state index in [4.69, 9.17) is 39.4 Å². The van der Waals surface area contributed by atoms with E-state index in [-0.39, 0.29) is 35.7 Å². The van der Waals surface area contributed by atoms with Crippen LogP contribution in [0.5, 0.6) is 0 Å². The Balaban J connectivity index is 0.00000312. The van der Waals surface area contributed by atoms with Crippen LogP contribution in [0.2, 0.25) is 10.3 Å². The number of carbonyl (C=O) groups is 2. The number of nitrogens with two attached hydrogens (primary N) is 2. The first-order chi connectivity index (χ1) is 11.3. The highest BCUT2D eigenvalue weighted by Crippen LogP contribution is 2.15. The van der Waals surface area contributed by atoms with Crippen LogP contribution in [-0.4, -0.2) is 22.9 Å². The van der Waals surface area contributed by atoms with Crippen LogP contribution in [0.3, 0.4) is 0 Å². The normalized spacial score (nSPS) is 11.3. The minimum absolute atomic E-state index is 0. The summed E-state index contributed by atoms with van der Waals surface area (Å²) in [6, 6.07) is 8.81. The standard InChI is InChI=1S/C16H15Cl2N3O3.ClH/c17-13-6-10(7-14(18)21-13)8-24-16(23)12(19)5-9-1-3-11(4-2-9)15(20)22;/h1-4,6-7,12H,5,8,19H2,(H2,20,22);1H/t12-;/m0./s1. The van der Waals surface area contributed by atoms with Gasteiger partial charge in [0.2, 0.25) is 5.91 Å². The third-order valence-corrected chi connectivity index (χ3v) is 3.59. The van der Waals surface area contributed by atoms with Gasteiger partial charge in [0, 0.05) is 5.56 Å². The summed E-state index contributed by atoms with van der Waals surface area (Å²) in [6.07, 6.45) is 0.274. The smallest absolute Gasteiger partial charge is 0.323 e. The van der Waals surface area contributed by atoms with Crippen molar-refractivity contribution < 1.29 is 14.3 Å². The SMILES string of the molecule is Cl.NC(=O)c1ccc(C[C@H](N)C(=O)OCc2cc(Cl)nc(Cl)c2)cc1. The molecule has 2 rings (SSSR count). The summed E-state index contributed by atoms with van der Waals surface area (Å²) in [5.41, 5.74) is 12.8. The van der Waals surface area contributed by atoms with Crippen molar-refractivity contribution in [1.29, 1.82) is 0 Å². The molecular weight excluding hydrogens is 389 g/mol. The minimum atomic E-state index is -0.836. The van der Waals surface area contributed by atoms with Crippen LogP contribution in [0.25, 0.3) is 0 Å². The van der Waals surface area contributed by atoms with Gasteiger partial charge in [-0.1, -0.05) is 35.3 Å². The van der Waals surface area contributed by atoms with Crippen molar-refractivity contribution in [3.63, 3.8) is 0 Å². The van der Waals surface area contributed by atoms with Crippen molar-refractivity contribution >= 4 is 47.5 Å². The lowest BCUT2D eigenvalue weighted by atomic mass is 10.0. The van der Waals surface area contributed by atoms with Crippen LogP contribution in [0.15, 0.2) is 36.4 Å². The topological polar surface area (TPSA) is 108 Å². The molecule has 2 aromatic rings. The van der Waals surface area contributed by atoms with Crippen LogP contribution in [0.1, 0.15) is 21.5 Å². The fourth-order valence-electron chi connectivity index (χ4n) is 2.00. The summed E-state index contributed by atoms with van der Waals surface area (Å²) < 4.78 is 5.15. The van der Waals surface area contributed by atoms with Crippen LogP contribution in [0.4, 0.5) is 0 Å². The molecule has 0 bridgehead atoms. The largest absolute Gasteiger partial charge is 0.460 e. The number of hydrogen-bond acceptors (Lipinski definition) is 5. The number of nitrogens with zero attached hydrogens (tertiary/aromatic N) is 1. The number of primary amides is 1. The van der Waals surface area contributed by atoms with E-state index in [2.05, 4.69) is 4.98 Å². The highest BCUT2D eigenvalue weighted by molar-refractivity contribution is 6.32. The molecule has 134 valence electrons. The van der Waals surface area contributed by atoms with Crippen LogP contribution < -0.4 is 11.5 Å². The van der Waals surface area contributed by atoms with Gasteiger partial charge in [-0.3, -0.25) is 9.59 Å². The summed E-state index contributed by atoms with van der Waals surface area (Å²) in [6.45, 7) is -0.00485. The number of benzene rings is 1. The maximum Gasteiger partial charge on any atom is 0.323 e. The quantitative estimate of drug-likeness (QED) is 0.568. The van der Waals surface area contributed by atoms with E-state index in [1.165, 1.54) is 0 Å². The molecule has 1 amide bonds. The van der Waals surface area contributed by atoms with Gasteiger partial charge in [-0.25, -0.2) is 4.98 Å². The molecule has 9 heteroatoms. The van der Waals surface area contributed by atoms with Gasteiger partial charge in [0.25, 0.3) is 0 Å². The Kier molecular flexibility index (Phi) is 8.12. The van der Waals surface area contributed by atoms with Crippen LogP contribution >= 0.6 is 35.6 Å². The lowest BCUT2D eigenvalue weighted by Gasteiger charge is -2.12. The molecular formula is C16H16Cl3N3O3. The number of carbonyl (C=O) groups excluding carboxylic acids is 2. The first-order valence-corrected chi connectivity index (χ1v) is 7.73. The van der Waals surface area contributed by atoms with E-state index in [0.29, 0.717) is 11.1 Å². The van der Waals surface area contributed by atoms with Crippen molar-refractivity contribution in [3.8, 4) is 0 Å². The predicted molar refractivity (Wildman–Crippen MR) is 97.9 cm³/mol. The lowest BCUT2D eigenvalue weighted by molar-refractivity contribution is -0.146. The zero-order valence-electron chi connectivity index (χ0n) is 12.9. The number of halogens is 3. The molecule has 1 aromatic heterocycles.